The number of nitrogens with zero attached hydrogens (tertiary/aromatic N) is 2. The van der Waals surface area contributed by atoms with Gasteiger partial charge in [0.15, 0.2) is 11.5 Å². The van der Waals surface area contributed by atoms with Crippen LogP contribution >= 0.6 is 11.6 Å². The molecule has 0 radical (unpaired) electrons. The number of carboxylic acid groups (broad SMARTS) is 1. The van der Waals surface area contributed by atoms with Crippen molar-refractivity contribution in [1.29, 1.82) is 5.26 Å². The van der Waals surface area contributed by atoms with Gasteiger partial charge in [0.2, 0.25) is 0 Å². The molecule has 0 saturated heterocycles. The predicted octanol–water partition coefficient (Wildman–Crippen LogP) is 2.95. The van der Waals surface area contributed by atoms with Crippen LogP contribution in [-0.4, -0.2) is 26.9 Å². The Morgan fingerprint density at radius 3 is 2.46 bits per heavy atom. The SMILES string of the molecule is N#Cc1cc(Cc2ccc(Cl)cc2)nc(C(=O)CCC(=O)O)c1O. The highest BCUT2D eigenvalue weighted by Crippen LogP contribution is 2.24. The lowest BCUT2D eigenvalue weighted by atomic mass is 10.0. The van der Waals surface area contributed by atoms with E-state index in [9.17, 15) is 14.7 Å². The largest absolute Gasteiger partial charge is 0.504 e. The highest BCUT2D eigenvalue weighted by Gasteiger charge is 2.19. The fourth-order valence-corrected chi connectivity index (χ4v) is 2.24. The number of pyridine rings is 1. The van der Waals surface area contributed by atoms with Gasteiger partial charge in [0.05, 0.1) is 12.0 Å². The molecule has 122 valence electrons. The normalized spacial score (nSPS) is 10.2. The Morgan fingerprint density at radius 1 is 1.21 bits per heavy atom. The van der Waals surface area contributed by atoms with Crippen molar-refractivity contribution in [2.24, 2.45) is 0 Å². The molecule has 0 amide bonds. The number of benzene rings is 1. The highest BCUT2D eigenvalue weighted by atomic mass is 35.5. The van der Waals surface area contributed by atoms with Crippen LogP contribution in [0.15, 0.2) is 30.3 Å². The standard InChI is InChI=1S/C17H13ClN2O4/c18-12-3-1-10(2-4-12)7-13-8-11(9-19)17(24)16(20-13)14(21)5-6-15(22)23/h1-4,8,24H,5-7H2,(H,22,23). The van der Waals surface area contributed by atoms with Crippen molar-refractivity contribution in [3.8, 4) is 11.8 Å². The lowest BCUT2D eigenvalue weighted by Crippen LogP contribution is -2.09. The average Bonchev–Trinajstić information content (AvgIpc) is 2.56. The third-order valence-electron chi connectivity index (χ3n) is 3.29. The molecule has 0 bridgehead atoms. The van der Waals surface area contributed by atoms with Crippen LogP contribution in [0.25, 0.3) is 0 Å². The summed E-state index contributed by atoms with van der Waals surface area (Å²) < 4.78 is 0. The molecule has 0 fully saturated rings. The number of hydrogen-bond donors (Lipinski definition) is 2. The molecule has 1 aromatic carbocycles. The smallest absolute Gasteiger partial charge is 0.303 e. The summed E-state index contributed by atoms with van der Waals surface area (Å²) in [5.74, 6) is -2.27. The molecule has 2 aromatic rings. The summed E-state index contributed by atoms with van der Waals surface area (Å²) in [6, 6.07) is 10.2. The highest BCUT2D eigenvalue weighted by molar-refractivity contribution is 6.30. The summed E-state index contributed by atoms with van der Waals surface area (Å²) in [4.78, 5) is 26.8. The molecule has 0 unspecified atom stereocenters. The molecule has 24 heavy (non-hydrogen) atoms. The number of aromatic nitrogens is 1. The van der Waals surface area contributed by atoms with Gasteiger partial charge in [-0.2, -0.15) is 5.26 Å². The van der Waals surface area contributed by atoms with Crippen molar-refractivity contribution < 1.29 is 19.8 Å². The number of aromatic hydroxyl groups is 1. The number of carbonyl (C=O) groups is 2. The van der Waals surface area contributed by atoms with E-state index >= 15 is 0 Å². The summed E-state index contributed by atoms with van der Waals surface area (Å²) in [5, 5.41) is 28.3. The summed E-state index contributed by atoms with van der Waals surface area (Å²) in [7, 11) is 0. The van der Waals surface area contributed by atoms with E-state index in [1.807, 2.05) is 6.07 Å². The van der Waals surface area contributed by atoms with Crippen LogP contribution < -0.4 is 0 Å². The molecule has 0 aliphatic carbocycles. The molecule has 0 atom stereocenters. The maximum Gasteiger partial charge on any atom is 0.303 e. The van der Waals surface area contributed by atoms with Crippen molar-refractivity contribution in [2.75, 3.05) is 0 Å². The fraction of sp³-hybridized carbons (Fsp3) is 0.176. The lowest BCUT2D eigenvalue weighted by molar-refractivity contribution is -0.136. The van der Waals surface area contributed by atoms with Gasteiger partial charge < -0.3 is 10.2 Å². The zero-order valence-corrected chi connectivity index (χ0v) is 13.2. The van der Waals surface area contributed by atoms with Crippen molar-refractivity contribution in [1.82, 2.24) is 4.98 Å². The molecule has 7 heteroatoms. The minimum Gasteiger partial charge on any atom is -0.504 e. The number of carboxylic acids is 1. The van der Waals surface area contributed by atoms with Crippen LogP contribution in [0, 0.1) is 11.3 Å². The van der Waals surface area contributed by atoms with E-state index in [0.717, 1.165) is 5.56 Å². The Balaban J connectivity index is 2.34. The topological polar surface area (TPSA) is 111 Å². The zero-order chi connectivity index (χ0) is 17.7. The first kappa shape index (κ1) is 17.4. The molecule has 0 aliphatic rings. The summed E-state index contributed by atoms with van der Waals surface area (Å²) in [5.41, 5.74) is 0.933. The molecule has 6 nitrogen and oxygen atoms in total. The van der Waals surface area contributed by atoms with Gasteiger partial charge in [-0.05, 0) is 23.8 Å². The minimum absolute atomic E-state index is 0.0763. The first-order valence-electron chi connectivity index (χ1n) is 7.03. The second-order valence-corrected chi connectivity index (χ2v) is 5.53. The second kappa shape index (κ2) is 7.57. The molecule has 0 aliphatic heterocycles. The van der Waals surface area contributed by atoms with E-state index in [2.05, 4.69) is 4.98 Å². The Kier molecular flexibility index (Phi) is 5.51. The van der Waals surface area contributed by atoms with Crippen molar-refractivity contribution >= 4 is 23.4 Å². The van der Waals surface area contributed by atoms with Gasteiger partial charge in [0.1, 0.15) is 11.8 Å². The number of aliphatic carboxylic acids is 1. The number of hydrogen-bond acceptors (Lipinski definition) is 5. The van der Waals surface area contributed by atoms with E-state index in [0.29, 0.717) is 17.1 Å². The molecule has 1 aromatic heterocycles. The maximum atomic E-state index is 12.1. The van der Waals surface area contributed by atoms with Crippen molar-refractivity contribution in [3.63, 3.8) is 0 Å². The van der Waals surface area contributed by atoms with Gasteiger partial charge >= 0.3 is 5.97 Å². The summed E-state index contributed by atoms with van der Waals surface area (Å²) >= 11 is 5.83. The van der Waals surface area contributed by atoms with Crippen LogP contribution in [0.3, 0.4) is 0 Å². The quantitative estimate of drug-likeness (QED) is 0.779. The molecule has 2 N–H and O–H groups in total. The molecule has 0 spiro atoms. The molecule has 0 saturated carbocycles. The number of rotatable bonds is 6. The number of ketones is 1. The number of carbonyl (C=O) groups excluding carboxylic acids is 1. The Hall–Kier alpha value is -2.91. The average molecular weight is 345 g/mol. The van der Waals surface area contributed by atoms with Gasteiger partial charge in [-0.1, -0.05) is 23.7 Å². The molecular weight excluding hydrogens is 332 g/mol. The third kappa shape index (κ3) is 4.31. The van der Waals surface area contributed by atoms with E-state index in [-0.39, 0.29) is 24.1 Å². The Bertz CT molecular complexity index is 826. The van der Waals surface area contributed by atoms with Crippen molar-refractivity contribution in [2.45, 2.75) is 19.3 Å². The minimum atomic E-state index is -1.12. The zero-order valence-electron chi connectivity index (χ0n) is 12.5. The Morgan fingerprint density at radius 2 is 1.88 bits per heavy atom. The number of Topliss-reactive ketones (excluding diaryl/α,β-unsaturated/α-hetero) is 1. The summed E-state index contributed by atoms with van der Waals surface area (Å²) in [6.07, 6.45) is -0.334. The molecule has 2 rings (SSSR count). The van der Waals surface area contributed by atoms with Gasteiger partial charge in [-0.3, -0.25) is 9.59 Å². The first-order valence-corrected chi connectivity index (χ1v) is 7.41. The van der Waals surface area contributed by atoms with E-state index in [1.54, 1.807) is 24.3 Å². The maximum absolute atomic E-state index is 12.1. The van der Waals surface area contributed by atoms with Crippen molar-refractivity contribution in [3.05, 3.63) is 57.9 Å². The van der Waals surface area contributed by atoms with Crippen LogP contribution in [0.5, 0.6) is 5.75 Å². The third-order valence-corrected chi connectivity index (χ3v) is 3.55. The van der Waals surface area contributed by atoms with E-state index in [1.165, 1.54) is 6.07 Å². The van der Waals surface area contributed by atoms with Crippen LogP contribution in [0.1, 0.15) is 40.2 Å². The second-order valence-electron chi connectivity index (χ2n) is 5.09. The monoisotopic (exact) mass is 344 g/mol. The fourth-order valence-electron chi connectivity index (χ4n) is 2.11. The van der Waals surface area contributed by atoms with Gasteiger partial charge in [0, 0.05) is 23.6 Å². The van der Waals surface area contributed by atoms with Gasteiger partial charge in [-0.15, -0.1) is 0 Å². The van der Waals surface area contributed by atoms with E-state index in [4.69, 9.17) is 22.0 Å². The first-order chi connectivity index (χ1) is 11.4. The van der Waals surface area contributed by atoms with Crippen LogP contribution in [0.2, 0.25) is 5.02 Å². The number of nitriles is 1. The molecular formula is C17H13ClN2O4. The van der Waals surface area contributed by atoms with E-state index < -0.39 is 17.5 Å². The number of halogens is 1. The predicted molar refractivity (Wildman–Crippen MR) is 86.1 cm³/mol. The van der Waals surface area contributed by atoms with Gasteiger partial charge in [0.25, 0.3) is 0 Å². The lowest BCUT2D eigenvalue weighted by Gasteiger charge is -2.08. The molecule has 1 heterocycles. The Labute approximate surface area is 143 Å². The van der Waals surface area contributed by atoms with Crippen LogP contribution in [0.4, 0.5) is 0 Å². The van der Waals surface area contributed by atoms with Crippen LogP contribution in [-0.2, 0) is 11.2 Å². The van der Waals surface area contributed by atoms with Gasteiger partial charge in [-0.25, -0.2) is 4.98 Å². The summed E-state index contributed by atoms with van der Waals surface area (Å²) in [6.45, 7) is 0.